The Labute approximate surface area is 141 Å². The van der Waals surface area contributed by atoms with Gasteiger partial charge in [0.25, 0.3) is 0 Å². The predicted molar refractivity (Wildman–Crippen MR) is 91.6 cm³/mol. The molecule has 2 aromatic carbocycles. The zero-order valence-corrected chi connectivity index (χ0v) is 14.0. The van der Waals surface area contributed by atoms with Crippen LogP contribution in [-0.4, -0.2) is 42.8 Å². The lowest BCUT2D eigenvalue weighted by Gasteiger charge is -2.50. The highest BCUT2D eigenvalue weighted by atomic mass is 32.2. The van der Waals surface area contributed by atoms with Crippen molar-refractivity contribution in [2.45, 2.75) is 18.0 Å². The molecular formula is C18H18N2O3S. The molecular weight excluding hydrogens is 324 g/mol. The van der Waals surface area contributed by atoms with E-state index in [0.717, 1.165) is 27.3 Å². The first-order valence-corrected chi connectivity index (χ1v) is 9.47. The second kappa shape index (κ2) is 6.36. The summed E-state index contributed by atoms with van der Waals surface area (Å²) in [5.41, 5.74) is 2.84. The molecule has 2 aromatic rings. The van der Waals surface area contributed by atoms with Crippen LogP contribution in [0.25, 0.3) is 11.1 Å². The van der Waals surface area contributed by atoms with Gasteiger partial charge in [0.2, 0.25) is 10.0 Å². The minimum Gasteiger partial charge on any atom is -0.395 e. The van der Waals surface area contributed by atoms with Gasteiger partial charge in [-0.3, -0.25) is 0 Å². The second-order valence-corrected chi connectivity index (χ2v) is 7.78. The first-order chi connectivity index (χ1) is 11.5. The first-order valence-electron chi connectivity index (χ1n) is 7.62. The molecule has 1 N–H and O–H groups in total. The predicted octanol–water partition coefficient (Wildman–Crippen LogP) is 1.97. The third-order valence-electron chi connectivity index (χ3n) is 4.46. The highest BCUT2D eigenvalue weighted by Gasteiger charge is 2.54. The summed E-state index contributed by atoms with van der Waals surface area (Å²) in [6, 6.07) is 18.0. The number of nitriles is 1. The van der Waals surface area contributed by atoms with Crippen LogP contribution >= 0.6 is 0 Å². The van der Waals surface area contributed by atoms with E-state index in [4.69, 9.17) is 0 Å². The van der Waals surface area contributed by atoms with Gasteiger partial charge in [-0.25, -0.2) is 8.42 Å². The zero-order valence-electron chi connectivity index (χ0n) is 13.2. The molecule has 3 atom stereocenters. The van der Waals surface area contributed by atoms with Gasteiger partial charge in [-0.1, -0.05) is 54.6 Å². The van der Waals surface area contributed by atoms with Crippen molar-refractivity contribution in [1.29, 1.82) is 5.26 Å². The Morgan fingerprint density at radius 2 is 1.75 bits per heavy atom. The van der Waals surface area contributed by atoms with E-state index in [0.29, 0.717) is 0 Å². The maximum Gasteiger partial charge on any atom is 0.212 e. The van der Waals surface area contributed by atoms with Gasteiger partial charge in [-0.05, 0) is 16.7 Å². The van der Waals surface area contributed by atoms with E-state index in [1.807, 2.05) is 54.6 Å². The molecule has 1 heterocycles. The van der Waals surface area contributed by atoms with E-state index in [1.165, 1.54) is 0 Å². The molecule has 1 saturated heterocycles. The van der Waals surface area contributed by atoms with Gasteiger partial charge in [-0.15, -0.1) is 0 Å². The average molecular weight is 342 g/mol. The van der Waals surface area contributed by atoms with E-state index in [9.17, 15) is 18.8 Å². The van der Waals surface area contributed by atoms with Crippen LogP contribution in [0.2, 0.25) is 0 Å². The highest BCUT2D eigenvalue weighted by Crippen LogP contribution is 2.45. The molecule has 0 bridgehead atoms. The molecule has 6 heteroatoms. The fourth-order valence-corrected chi connectivity index (χ4v) is 4.74. The van der Waals surface area contributed by atoms with Crippen LogP contribution in [-0.2, 0) is 10.0 Å². The Hall–Kier alpha value is -2.20. The summed E-state index contributed by atoms with van der Waals surface area (Å²) < 4.78 is 25.0. The molecule has 124 valence electrons. The van der Waals surface area contributed by atoms with Crippen molar-refractivity contribution in [2.75, 3.05) is 12.9 Å². The maximum absolute atomic E-state index is 11.9. The monoisotopic (exact) mass is 342 g/mol. The minimum atomic E-state index is -3.56. The van der Waals surface area contributed by atoms with Crippen molar-refractivity contribution in [3.8, 4) is 17.2 Å². The standard InChI is InChI=1S/C18H18N2O3S/c1-24(22,23)20-16(11-19)18(17(20)12-21)15-10-6-5-9-14(15)13-7-3-2-4-8-13/h2-10,16-18,21H,12H2,1H3/t16-,17-,18+/m0/s1. The lowest BCUT2D eigenvalue weighted by atomic mass is 9.75. The number of rotatable bonds is 4. The largest absolute Gasteiger partial charge is 0.395 e. The smallest absolute Gasteiger partial charge is 0.212 e. The topological polar surface area (TPSA) is 81.4 Å². The third-order valence-corrected chi connectivity index (χ3v) is 5.73. The van der Waals surface area contributed by atoms with E-state index < -0.39 is 22.1 Å². The molecule has 0 unspecified atom stereocenters. The Morgan fingerprint density at radius 3 is 2.33 bits per heavy atom. The van der Waals surface area contributed by atoms with E-state index in [-0.39, 0.29) is 12.5 Å². The van der Waals surface area contributed by atoms with E-state index in [2.05, 4.69) is 6.07 Å². The molecule has 0 radical (unpaired) electrons. The highest BCUT2D eigenvalue weighted by molar-refractivity contribution is 7.88. The van der Waals surface area contributed by atoms with Crippen LogP contribution in [0.1, 0.15) is 11.5 Å². The minimum absolute atomic E-state index is 0.320. The van der Waals surface area contributed by atoms with Crippen molar-refractivity contribution in [3.63, 3.8) is 0 Å². The Bertz CT molecular complexity index is 875. The first kappa shape index (κ1) is 16.7. The Morgan fingerprint density at radius 1 is 1.12 bits per heavy atom. The zero-order chi connectivity index (χ0) is 17.3. The van der Waals surface area contributed by atoms with Crippen LogP contribution in [0.3, 0.4) is 0 Å². The van der Waals surface area contributed by atoms with Gasteiger partial charge in [0.1, 0.15) is 6.04 Å². The molecule has 0 saturated carbocycles. The molecule has 3 rings (SSSR count). The van der Waals surface area contributed by atoms with Crippen LogP contribution in [0, 0.1) is 11.3 Å². The summed E-state index contributed by atoms with van der Waals surface area (Å²) in [7, 11) is -3.56. The summed E-state index contributed by atoms with van der Waals surface area (Å²) in [5.74, 6) is -0.355. The van der Waals surface area contributed by atoms with Crippen LogP contribution in [0.5, 0.6) is 0 Å². The third kappa shape index (κ3) is 2.71. The van der Waals surface area contributed by atoms with Gasteiger partial charge in [0, 0.05) is 5.92 Å². The van der Waals surface area contributed by atoms with Crippen molar-refractivity contribution < 1.29 is 13.5 Å². The Balaban J connectivity index is 2.09. The molecule has 1 aliphatic rings. The molecule has 24 heavy (non-hydrogen) atoms. The number of aliphatic hydroxyl groups excluding tert-OH is 1. The van der Waals surface area contributed by atoms with Crippen LogP contribution in [0.4, 0.5) is 0 Å². The van der Waals surface area contributed by atoms with Gasteiger partial charge < -0.3 is 5.11 Å². The van der Waals surface area contributed by atoms with Crippen LogP contribution in [0.15, 0.2) is 54.6 Å². The molecule has 0 amide bonds. The van der Waals surface area contributed by atoms with Crippen LogP contribution < -0.4 is 0 Å². The van der Waals surface area contributed by atoms with Crippen molar-refractivity contribution >= 4 is 10.0 Å². The van der Waals surface area contributed by atoms with Crippen molar-refractivity contribution in [2.24, 2.45) is 0 Å². The maximum atomic E-state index is 11.9. The van der Waals surface area contributed by atoms with E-state index >= 15 is 0 Å². The number of hydrogen-bond donors (Lipinski definition) is 1. The lowest BCUT2D eigenvalue weighted by molar-refractivity contribution is 0.0566. The fraction of sp³-hybridized carbons (Fsp3) is 0.278. The molecule has 5 nitrogen and oxygen atoms in total. The quantitative estimate of drug-likeness (QED) is 0.921. The number of benzene rings is 2. The Kier molecular flexibility index (Phi) is 4.41. The normalized spacial score (nSPS) is 24.1. The molecule has 1 aliphatic heterocycles. The van der Waals surface area contributed by atoms with Gasteiger partial charge in [0.15, 0.2) is 0 Å². The summed E-state index contributed by atoms with van der Waals surface area (Å²) in [6.07, 6.45) is 1.07. The van der Waals surface area contributed by atoms with E-state index in [1.54, 1.807) is 0 Å². The van der Waals surface area contributed by atoms with Gasteiger partial charge in [-0.2, -0.15) is 9.57 Å². The number of aliphatic hydroxyl groups is 1. The van der Waals surface area contributed by atoms with Gasteiger partial charge in [0.05, 0.1) is 25.0 Å². The second-order valence-electron chi connectivity index (χ2n) is 5.90. The molecule has 0 aromatic heterocycles. The summed E-state index contributed by atoms with van der Waals surface area (Å²) in [5, 5.41) is 19.2. The number of hydrogen-bond acceptors (Lipinski definition) is 4. The summed E-state index contributed by atoms with van der Waals surface area (Å²) >= 11 is 0. The average Bonchev–Trinajstić information content (AvgIpc) is 2.55. The lowest BCUT2D eigenvalue weighted by Crippen LogP contribution is -2.64. The summed E-state index contributed by atoms with van der Waals surface area (Å²) in [4.78, 5) is 0. The van der Waals surface area contributed by atoms with Crippen molar-refractivity contribution in [1.82, 2.24) is 4.31 Å². The molecule has 1 fully saturated rings. The number of nitrogens with zero attached hydrogens (tertiary/aromatic N) is 2. The fourth-order valence-electron chi connectivity index (χ4n) is 3.46. The van der Waals surface area contributed by atoms with Crippen molar-refractivity contribution in [3.05, 3.63) is 60.2 Å². The molecule has 0 spiro atoms. The van der Waals surface area contributed by atoms with Gasteiger partial charge >= 0.3 is 0 Å². The molecule has 0 aliphatic carbocycles. The number of sulfonamides is 1. The SMILES string of the molecule is CS(=O)(=O)N1[C@@H](C#N)[C@@H](c2ccccc2-c2ccccc2)[C@@H]1CO. The summed E-state index contributed by atoms with van der Waals surface area (Å²) in [6.45, 7) is -0.320.